The van der Waals surface area contributed by atoms with Crippen molar-refractivity contribution < 1.29 is 9.90 Å². The van der Waals surface area contributed by atoms with Crippen LogP contribution in [-0.4, -0.2) is 23.6 Å². The maximum atomic E-state index is 11.5. The summed E-state index contributed by atoms with van der Waals surface area (Å²) in [5.74, 6) is -0.378. The molecule has 1 heterocycles. The van der Waals surface area contributed by atoms with Crippen LogP contribution in [0.4, 0.5) is 11.4 Å². The third-order valence-corrected chi connectivity index (χ3v) is 3.98. The molecular formula is C14H17ClN2O2. The van der Waals surface area contributed by atoms with Crippen LogP contribution in [0.1, 0.15) is 37.9 Å². The van der Waals surface area contributed by atoms with Crippen LogP contribution < -0.4 is 10.2 Å². The first-order valence-electron chi connectivity index (χ1n) is 6.70. The van der Waals surface area contributed by atoms with Gasteiger partial charge in [0, 0.05) is 23.8 Å². The molecule has 1 aliphatic carbocycles. The Morgan fingerprint density at radius 3 is 2.84 bits per heavy atom. The Balaban J connectivity index is 1.99. The first-order valence-corrected chi connectivity index (χ1v) is 7.08. The van der Waals surface area contributed by atoms with E-state index < -0.39 is 6.10 Å². The van der Waals surface area contributed by atoms with Gasteiger partial charge in [-0.05, 0) is 31.4 Å². The molecule has 2 aliphatic rings. The van der Waals surface area contributed by atoms with Gasteiger partial charge in [0.25, 0.3) is 5.91 Å². The molecule has 3 rings (SSSR count). The third kappa shape index (κ3) is 2.19. The molecule has 5 heteroatoms. The number of carbonyl (C=O) groups excluding carboxylic acids is 1. The maximum absolute atomic E-state index is 11.5. The Hall–Kier alpha value is -1.26. The van der Waals surface area contributed by atoms with E-state index in [2.05, 4.69) is 17.1 Å². The highest BCUT2D eigenvalue weighted by Gasteiger charge is 2.33. The van der Waals surface area contributed by atoms with Gasteiger partial charge >= 0.3 is 0 Å². The number of carbonyl (C=O) groups is 1. The fourth-order valence-corrected chi connectivity index (χ4v) is 2.88. The molecular weight excluding hydrogens is 264 g/mol. The van der Waals surface area contributed by atoms with E-state index >= 15 is 0 Å². The first kappa shape index (κ1) is 12.8. The molecule has 1 saturated carbocycles. The van der Waals surface area contributed by atoms with Crippen LogP contribution >= 0.6 is 11.6 Å². The number of benzene rings is 1. The van der Waals surface area contributed by atoms with Crippen molar-refractivity contribution in [3.05, 3.63) is 22.7 Å². The Bertz CT molecular complexity index is 528. The quantitative estimate of drug-likeness (QED) is 0.892. The molecule has 0 saturated heterocycles. The number of rotatable bonds is 4. The van der Waals surface area contributed by atoms with Crippen molar-refractivity contribution in [3.63, 3.8) is 0 Å². The monoisotopic (exact) mass is 280 g/mol. The molecule has 1 atom stereocenters. The third-order valence-electron chi connectivity index (χ3n) is 3.68. The van der Waals surface area contributed by atoms with Crippen LogP contribution in [0.5, 0.6) is 0 Å². The highest BCUT2D eigenvalue weighted by atomic mass is 35.5. The lowest BCUT2D eigenvalue weighted by Crippen LogP contribution is -2.26. The highest BCUT2D eigenvalue weighted by Crippen LogP contribution is 2.42. The van der Waals surface area contributed by atoms with Crippen molar-refractivity contribution >= 4 is 28.9 Å². The molecule has 0 aromatic heterocycles. The molecule has 2 N–H and O–H groups in total. The fourth-order valence-electron chi connectivity index (χ4n) is 2.60. The largest absolute Gasteiger partial charge is 0.378 e. The zero-order valence-corrected chi connectivity index (χ0v) is 11.6. The van der Waals surface area contributed by atoms with Crippen LogP contribution in [0.15, 0.2) is 12.1 Å². The van der Waals surface area contributed by atoms with Crippen LogP contribution in [-0.2, 0) is 4.79 Å². The Kier molecular flexibility index (Phi) is 3.15. The lowest BCUT2D eigenvalue weighted by atomic mass is 10.1. The van der Waals surface area contributed by atoms with Gasteiger partial charge in [-0.3, -0.25) is 4.79 Å². The molecule has 0 bridgehead atoms. The smallest absolute Gasteiger partial charge is 0.257 e. The molecule has 1 aromatic carbocycles. The van der Waals surface area contributed by atoms with E-state index in [0.717, 1.165) is 18.7 Å². The van der Waals surface area contributed by atoms with Crippen molar-refractivity contribution in [1.29, 1.82) is 0 Å². The highest BCUT2D eigenvalue weighted by molar-refractivity contribution is 6.33. The van der Waals surface area contributed by atoms with E-state index in [9.17, 15) is 9.90 Å². The van der Waals surface area contributed by atoms with Gasteiger partial charge in [0.05, 0.1) is 10.7 Å². The van der Waals surface area contributed by atoms with Crippen LogP contribution in [0.3, 0.4) is 0 Å². The summed E-state index contributed by atoms with van der Waals surface area (Å²) >= 11 is 6.33. The van der Waals surface area contributed by atoms with E-state index in [1.807, 2.05) is 6.07 Å². The zero-order valence-electron chi connectivity index (χ0n) is 10.8. The second kappa shape index (κ2) is 4.69. The second-order valence-corrected chi connectivity index (χ2v) is 5.61. The van der Waals surface area contributed by atoms with Gasteiger partial charge < -0.3 is 15.3 Å². The van der Waals surface area contributed by atoms with Crippen molar-refractivity contribution in [1.82, 2.24) is 0 Å². The summed E-state index contributed by atoms with van der Waals surface area (Å²) in [6.07, 6.45) is 2.35. The number of aliphatic hydroxyl groups is 1. The summed E-state index contributed by atoms with van der Waals surface area (Å²) in [6, 6.07) is 4.16. The number of aliphatic hydroxyl groups excluding tert-OH is 1. The molecule has 0 radical (unpaired) electrons. The molecule has 4 nitrogen and oxygen atoms in total. The number of nitrogens with zero attached hydrogens (tertiary/aromatic N) is 1. The maximum Gasteiger partial charge on any atom is 0.257 e. The predicted molar refractivity (Wildman–Crippen MR) is 75.7 cm³/mol. The average molecular weight is 281 g/mol. The van der Waals surface area contributed by atoms with Crippen molar-refractivity contribution in [2.45, 2.75) is 38.3 Å². The average Bonchev–Trinajstić information content (AvgIpc) is 3.17. The van der Waals surface area contributed by atoms with Crippen LogP contribution in [0, 0.1) is 0 Å². The standard InChI is InChI=1S/C14H17ClN2O2/c1-2-5-17(8-3-4-8)12-7-11-9(6-10(12)15)13(18)14(19)16-11/h6-8,13,18H,2-5H2,1H3,(H,16,19). The molecule has 102 valence electrons. The van der Waals surface area contributed by atoms with E-state index in [4.69, 9.17) is 11.6 Å². The lowest BCUT2D eigenvalue weighted by Gasteiger charge is -2.26. The van der Waals surface area contributed by atoms with Crippen LogP contribution in [0.25, 0.3) is 0 Å². The van der Waals surface area contributed by atoms with Gasteiger partial charge in [0.15, 0.2) is 6.10 Å². The molecule has 1 unspecified atom stereocenters. The number of halogens is 1. The Labute approximate surface area is 117 Å². The summed E-state index contributed by atoms with van der Waals surface area (Å²) in [4.78, 5) is 13.8. The summed E-state index contributed by atoms with van der Waals surface area (Å²) in [7, 11) is 0. The molecule has 1 aromatic rings. The van der Waals surface area contributed by atoms with Gasteiger partial charge in [-0.2, -0.15) is 0 Å². The molecule has 1 amide bonds. The number of anilines is 2. The normalized spacial score (nSPS) is 21.2. The number of fused-ring (bicyclic) bond motifs is 1. The van der Waals surface area contributed by atoms with Crippen LogP contribution in [0.2, 0.25) is 5.02 Å². The molecule has 1 fully saturated rings. The topological polar surface area (TPSA) is 52.6 Å². The van der Waals surface area contributed by atoms with Crippen molar-refractivity contribution in [2.75, 3.05) is 16.8 Å². The second-order valence-electron chi connectivity index (χ2n) is 5.21. The Morgan fingerprint density at radius 1 is 1.47 bits per heavy atom. The number of nitrogens with one attached hydrogen (secondary N) is 1. The van der Waals surface area contributed by atoms with Gasteiger partial charge in [0.1, 0.15) is 0 Å². The van der Waals surface area contributed by atoms with Crippen molar-refractivity contribution in [2.24, 2.45) is 0 Å². The minimum atomic E-state index is -1.10. The van der Waals surface area contributed by atoms with Gasteiger partial charge in [-0.15, -0.1) is 0 Å². The van der Waals surface area contributed by atoms with Gasteiger partial charge in [-0.1, -0.05) is 18.5 Å². The van der Waals surface area contributed by atoms with Gasteiger partial charge in [-0.25, -0.2) is 0 Å². The molecule has 0 spiro atoms. The summed E-state index contributed by atoms with van der Waals surface area (Å²) in [6.45, 7) is 3.10. The fraction of sp³-hybridized carbons (Fsp3) is 0.500. The molecule has 1 aliphatic heterocycles. The molecule has 19 heavy (non-hydrogen) atoms. The summed E-state index contributed by atoms with van der Waals surface area (Å²) in [5, 5.41) is 13.0. The Morgan fingerprint density at radius 2 is 2.21 bits per heavy atom. The number of hydrogen-bond acceptors (Lipinski definition) is 3. The zero-order chi connectivity index (χ0) is 13.6. The van der Waals surface area contributed by atoms with E-state index in [-0.39, 0.29) is 5.91 Å². The minimum absolute atomic E-state index is 0.378. The first-order chi connectivity index (χ1) is 9.11. The van der Waals surface area contributed by atoms with E-state index in [1.54, 1.807) is 6.07 Å². The van der Waals surface area contributed by atoms with Gasteiger partial charge in [0.2, 0.25) is 0 Å². The summed E-state index contributed by atoms with van der Waals surface area (Å²) in [5.41, 5.74) is 2.21. The van der Waals surface area contributed by atoms with Crippen molar-refractivity contribution in [3.8, 4) is 0 Å². The number of amides is 1. The lowest BCUT2D eigenvalue weighted by molar-refractivity contribution is -0.123. The predicted octanol–water partition coefficient (Wildman–Crippen LogP) is 2.70. The summed E-state index contributed by atoms with van der Waals surface area (Å²) < 4.78 is 0. The SMILES string of the molecule is CCCN(c1cc2c(cc1Cl)C(O)C(=O)N2)C1CC1. The number of hydrogen-bond donors (Lipinski definition) is 2. The van der Waals surface area contributed by atoms with E-state index in [1.165, 1.54) is 12.8 Å². The van der Waals surface area contributed by atoms with E-state index in [0.29, 0.717) is 22.3 Å². The minimum Gasteiger partial charge on any atom is -0.378 e.